The fraction of sp³-hybridized carbons (Fsp3) is 0.394. The minimum atomic E-state index is -0.916. The number of carbonyl (C=O) groups excluding carboxylic acids is 2. The monoisotopic (exact) mass is 511 g/mol. The molecule has 0 bridgehead atoms. The summed E-state index contributed by atoms with van der Waals surface area (Å²) >= 11 is 0. The third kappa shape index (κ3) is 5.33. The van der Waals surface area contributed by atoms with Gasteiger partial charge in [-0.2, -0.15) is 0 Å². The Morgan fingerprint density at radius 3 is 1.97 bits per heavy atom. The number of hydrogen-bond acceptors (Lipinski definition) is 4. The van der Waals surface area contributed by atoms with E-state index in [1.54, 1.807) is 4.90 Å². The minimum Gasteiger partial charge on any atom is -0.460 e. The molecule has 0 aromatic heterocycles. The quantitative estimate of drug-likeness (QED) is 0.311. The Hall–Kier alpha value is -3.60. The topological polar surface area (TPSA) is 55.8 Å². The molecule has 1 saturated carbocycles. The summed E-state index contributed by atoms with van der Waals surface area (Å²) in [6.45, 7) is 6.62. The third-order valence-corrected chi connectivity index (χ3v) is 8.13. The molecule has 198 valence electrons. The zero-order valence-corrected chi connectivity index (χ0v) is 22.4. The molecule has 1 saturated heterocycles. The van der Waals surface area contributed by atoms with E-state index >= 15 is 0 Å². The molecule has 2 aliphatic rings. The number of benzene rings is 3. The first kappa shape index (κ1) is 26.0. The molecule has 38 heavy (non-hydrogen) atoms. The Morgan fingerprint density at radius 1 is 0.868 bits per heavy atom. The van der Waals surface area contributed by atoms with E-state index in [2.05, 4.69) is 20.8 Å². The molecular weight excluding hydrogens is 474 g/mol. The van der Waals surface area contributed by atoms with Crippen LogP contribution in [0.2, 0.25) is 0 Å². The van der Waals surface area contributed by atoms with Gasteiger partial charge < -0.3 is 9.47 Å². The molecule has 5 unspecified atom stereocenters. The average Bonchev–Trinajstić information content (AvgIpc) is 3.27. The Morgan fingerprint density at radius 2 is 1.42 bits per heavy atom. The second-order valence-corrected chi connectivity index (χ2v) is 11.1. The Kier molecular flexibility index (Phi) is 7.82. The smallest absolute Gasteiger partial charge is 0.412 e. The van der Waals surface area contributed by atoms with Crippen LogP contribution >= 0.6 is 0 Å². The van der Waals surface area contributed by atoms with Crippen molar-refractivity contribution < 1.29 is 19.1 Å². The molecule has 1 heterocycles. The van der Waals surface area contributed by atoms with Crippen LogP contribution in [-0.2, 0) is 14.3 Å². The van der Waals surface area contributed by atoms with Gasteiger partial charge in [0.2, 0.25) is 0 Å². The molecule has 5 nitrogen and oxygen atoms in total. The first-order valence-corrected chi connectivity index (χ1v) is 13.8. The van der Waals surface area contributed by atoms with Gasteiger partial charge in [-0.3, -0.25) is 4.90 Å². The van der Waals surface area contributed by atoms with Crippen LogP contribution in [0.25, 0.3) is 0 Å². The van der Waals surface area contributed by atoms with E-state index in [1.807, 2.05) is 91.0 Å². The van der Waals surface area contributed by atoms with Gasteiger partial charge >= 0.3 is 12.1 Å². The molecule has 5 heteroatoms. The number of cyclic esters (lactones) is 1. The van der Waals surface area contributed by atoms with E-state index in [9.17, 15) is 9.59 Å². The highest BCUT2D eigenvalue weighted by Gasteiger charge is 2.52. The van der Waals surface area contributed by atoms with Crippen molar-refractivity contribution in [3.05, 3.63) is 108 Å². The summed E-state index contributed by atoms with van der Waals surface area (Å²) in [7, 11) is 0. The molecule has 1 amide bonds. The molecule has 5 rings (SSSR count). The van der Waals surface area contributed by atoms with Crippen molar-refractivity contribution in [2.24, 2.45) is 17.8 Å². The van der Waals surface area contributed by atoms with Crippen LogP contribution in [0.4, 0.5) is 4.79 Å². The highest BCUT2D eigenvalue weighted by molar-refractivity contribution is 5.86. The summed E-state index contributed by atoms with van der Waals surface area (Å²) in [5.41, 5.74) is 2.60. The van der Waals surface area contributed by atoms with Crippen molar-refractivity contribution in [1.29, 1.82) is 0 Å². The van der Waals surface area contributed by atoms with Gasteiger partial charge in [-0.15, -0.1) is 0 Å². The van der Waals surface area contributed by atoms with Crippen molar-refractivity contribution in [2.45, 2.75) is 64.3 Å². The fourth-order valence-electron chi connectivity index (χ4n) is 6.14. The van der Waals surface area contributed by atoms with Crippen molar-refractivity contribution >= 4 is 12.1 Å². The number of carbonyl (C=O) groups is 2. The Bertz CT molecular complexity index is 1170. The van der Waals surface area contributed by atoms with Crippen LogP contribution in [0, 0.1) is 17.8 Å². The molecule has 3 aromatic rings. The van der Waals surface area contributed by atoms with Gasteiger partial charge in [0.1, 0.15) is 6.10 Å². The average molecular weight is 512 g/mol. The molecule has 0 radical (unpaired) electrons. The van der Waals surface area contributed by atoms with E-state index in [-0.39, 0.29) is 6.10 Å². The van der Waals surface area contributed by atoms with Gasteiger partial charge in [-0.05, 0) is 47.3 Å². The molecule has 2 fully saturated rings. The summed E-state index contributed by atoms with van der Waals surface area (Å²) in [5, 5.41) is 0. The number of rotatable bonds is 7. The van der Waals surface area contributed by atoms with E-state index in [0.717, 1.165) is 36.0 Å². The molecule has 0 spiro atoms. The van der Waals surface area contributed by atoms with E-state index in [0.29, 0.717) is 17.8 Å². The number of hydrogen-bond donors (Lipinski definition) is 0. The van der Waals surface area contributed by atoms with Gasteiger partial charge in [-0.25, -0.2) is 9.59 Å². The maximum absolute atomic E-state index is 14.2. The van der Waals surface area contributed by atoms with Crippen LogP contribution in [0.1, 0.15) is 68.9 Å². The van der Waals surface area contributed by atoms with Crippen LogP contribution in [0.15, 0.2) is 91.0 Å². The van der Waals surface area contributed by atoms with Crippen molar-refractivity contribution in [3.63, 3.8) is 0 Å². The van der Waals surface area contributed by atoms with Crippen molar-refractivity contribution in [3.8, 4) is 0 Å². The Balaban J connectivity index is 1.56. The SMILES string of the molecule is CC1CCC(C(C)C)C(OC(=O)C2C(c3ccccc3)OC(=O)N2C(c2ccccc2)c2ccccc2)C1. The summed E-state index contributed by atoms with van der Waals surface area (Å²) in [6, 6.07) is 27.8. The Labute approximate surface area is 225 Å². The largest absolute Gasteiger partial charge is 0.460 e. The predicted molar refractivity (Wildman–Crippen MR) is 147 cm³/mol. The highest BCUT2D eigenvalue weighted by Crippen LogP contribution is 2.43. The van der Waals surface area contributed by atoms with Crippen LogP contribution in [-0.4, -0.2) is 29.1 Å². The van der Waals surface area contributed by atoms with Gasteiger partial charge in [-0.1, -0.05) is 118 Å². The number of amides is 1. The van der Waals surface area contributed by atoms with Gasteiger partial charge in [0.05, 0.1) is 6.04 Å². The lowest BCUT2D eigenvalue weighted by molar-refractivity contribution is -0.162. The second-order valence-electron chi connectivity index (χ2n) is 11.1. The summed E-state index contributed by atoms with van der Waals surface area (Å²) < 4.78 is 12.3. The van der Waals surface area contributed by atoms with Gasteiger partial charge in [0.25, 0.3) is 0 Å². The van der Waals surface area contributed by atoms with E-state index in [1.165, 1.54) is 0 Å². The maximum atomic E-state index is 14.2. The summed E-state index contributed by atoms with van der Waals surface area (Å²) in [4.78, 5) is 29.5. The molecular formula is C33H37NO4. The van der Waals surface area contributed by atoms with Crippen LogP contribution < -0.4 is 0 Å². The lowest BCUT2D eigenvalue weighted by Gasteiger charge is -2.38. The zero-order chi connectivity index (χ0) is 26.6. The van der Waals surface area contributed by atoms with Gasteiger partial charge in [0, 0.05) is 0 Å². The van der Waals surface area contributed by atoms with Crippen LogP contribution in [0.3, 0.4) is 0 Å². The third-order valence-electron chi connectivity index (χ3n) is 8.13. The molecule has 0 N–H and O–H groups in total. The minimum absolute atomic E-state index is 0.174. The first-order chi connectivity index (χ1) is 18.4. The molecule has 1 aliphatic heterocycles. The number of esters is 1. The second kappa shape index (κ2) is 11.4. The predicted octanol–water partition coefficient (Wildman–Crippen LogP) is 7.34. The standard InChI is InChI=1S/C33H37NO4/c1-22(2)27-20-19-23(3)21-28(27)37-32(35)30-31(26-17-11-6-12-18-26)38-33(36)34(30)29(24-13-7-4-8-14-24)25-15-9-5-10-16-25/h4-18,22-23,27-31H,19-21H2,1-3H3. The number of nitrogens with zero attached hydrogens (tertiary/aromatic N) is 1. The number of ether oxygens (including phenoxy) is 2. The zero-order valence-electron chi connectivity index (χ0n) is 22.4. The maximum Gasteiger partial charge on any atom is 0.412 e. The van der Waals surface area contributed by atoms with Gasteiger partial charge in [0.15, 0.2) is 12.1 Å². The van der Waals surface area contributed by atoms with Crippen LogP contribution in [0.5, 0.6) is 0 Å². The highest BCUT2D eigenvalue weighted by atomic mass is 16.6. The summed E-state index contributed by atoms with van der Waals surface area (Å²) in [5.74, 6) is 0.804. The van der Waals surface area contributed by atoms with E-state index < -0.39 is 30.3 Å². The lowest BCUT2D eigenvalue weighted by atomic mass is 9.75. The fourth-order valence-corrected chi connectivity index (χ4v) is 6.14. The normalized spacial score (nSPS) is 25.4. The van der Waals surface area contributed by atoms with Crippen molar-refractivity contribution in [1.82, 2.24) is 4.90 Å². The van der Waals surface area contributed by atoms with E-state index in [4.69, 9.17) is 9.47 Å². The lowest BCUT2D eigenvalue weighted by Crippen LogP contribution is -2.46. The molecule has 3 aromatic carbocycles. The molecule has 1 aliphatic carbocycles. The summed E-state index contributed by atoms with van der Waals surface area (Å²) in [6.07, 6.45) is 1.57. The van der Waals surface area contributed by atoms with Crippen molar-refractivity contribution in [2.75, 3.05) is 0 Å². The molecule has 5 atom stereocenters. The first-order valence-electron chi connectivity index (χ1n) is 13.8.